The maximum atomic E-state index is 13.4. The van der Waals surface area contributed by atoms with Crippen LogP contribution in [-0.4, -0.2) is 64.2 Å². The van der Waals surface area contributed by atoms with Gasteiger partial charge in [-0.2, -0.15) is 0 Å². The molecular formula is C28H41N3O6S. The third-order valence-corrected chi connectivity index (χ3v) is 7.15. The monoisotopic (exact) mass is 547 g/mol. The summed E-state index contributed by atoms with van der Waals surface area (Å²) in [5.74, 6) is 1.17. The number of nitrogens with one attached hydrogen (secondary N) is 1. The molecule has 9 nitrogen and oxygen atoms in total. The summed E-state index contributed by atoms with van der Waals surface area (Å²) < 4.78 is 36.9. The second-order valence-corrected chi connectivity index (χ2v) is 11.5. The molecule has 38 heavy (non-hydrogen) atoms. The molecule has 2 rings (SSSR count). The minimum atomic E-state index is -3.57. The van der Waals surface area contributed by atoms with Crippen molar-refractivity contribution in [2.45, 2.75) is 53.1 Å². The minimum absolute atomic E-state index is 0.0843. The minimum Gasteiger partial charge on any atom is -0.497 e. The van der Waals surface area contributed by atoms with Gasteiger partial charge in [0.1, 0.15) is 17.5 Å². The van der Waals surface area contributed by atoms with Crippen LogP contribution in [0.3, 0.4) is 0 Å². The number of carbonyl (C=O) groups excluding carboxylic acids is 2. The molecule has 0 radical (unpaired) electrons. The first-order valence-electron chi connectivity index (χ1n) is 12.9. The molecule has 0 aliphatic rings. The van der Waals surface area contributed by atoms with Gasteiger partial charge in [-0.25, -0.2) is 8.42 Å². The summed E-state index contributed by atoms with van der Waals surface area (Å²) in [7, 11) is -1.99. The number of hydrogen-bond acceptors (Lipinski definition) is 6. The van der Waals surface area contributed by atoms with Crippen LogP contribution < -0.4 is 19.1 Å². The van der Waals surface area contributed by atoms with Crippen LogP contribution in [-0.2, 0) is 26.2 Å². The molecule has 0 fully saturated rings. The van der Waals surface area contributed by atoms with Gasteiger partial charge in [0.2, 0.25) is 21.8 Å². The van der Waals surface area contributed by atoms with Gasteiger partial charge in [-0.05, 0) is 68.1 Å². The lowest BCUT2D eigenvalue weighted by molar-refractivity contribution is -0.140. The summed E-state index contributed by atoms with van der Waals surface area (Å²) in [4.78, 5) is 27.8. The number of carbonyl (C=O) groups is 2. The van der Waals surface area contributed by atoms with Crippen LogP contribution in [0.25, 0.3) is 0 Å². The lowest BCUT2D eigenvalue weighted by Crippen LogP contribution is -2.48. The highest BCUT2D eigenvalue weighted by Crippen LogP contribution is 2.23. The van der Waals surface area contributed by atoms with E-state index < -0.39 is 16.1 Å². The lowest BCUT2D eigenvalue weighted by Gasteiger charge is -2.29. The first-order valence-corrected chi connectivity index (χ1v) is 14.7. The Hall–Kier alpha value is -3.27. The average Bonchev–Trinajstić information content (AvgIpc) is 2.88. The molecule has 2 aromatic carbocycles. The predicted octanol–water partition coefficient (Wildman–Crippen LogP) is 3.83. The summed E-state index contributed by atoms with van der Waals surface area (Å²) in [6, 6.07) is 13.4. The summed E-state index contributed by atoms with van der Waals surface area (Å²) in [5.41, 5.74) is 1.36. The molecule has 0 heterocycles. The highest BCUT2D eigenvalue weighted by Gasteiger charge is 2.26. The van der Waals surface area contributed by atoms with Crippen molar-refractivity contribution in [3.63, 3.8) is 0 Å². The topological polar surface area (TPSA) is 105 Å². The van der Waals surface area contributed by atoms with Crippen LogP contribution in [0.2, 0.25) is 0 Å². The molecule has 0 aromatic heterocycles. The van der Waals surface area contributed by atoms with Gasteiger partial charge in [0, 0.05) is 26.1 Å². The van der Waals surface area contributed by atoms with Gasteiger partial charge in [0.25, 0.3) is 0 Å². The number of hydrogen-bond donors (Lipinski definition) is 1. The number of methoxy groups -OCH3 is 1. The maximum Gasteiger partial charge on any atom is 0.242 e. The fourth-order valence-corrected chi connectivity index (χ4v) is 4.81. The van der Waals surface area contributed by atoms with Gasteiger partial charge >= 0.3 is 0 Å². The van der Waals surface area contributed by atoms with Crippen molar-refractivity contribution in [2.24, 2.45) is 5.92 Å². The van der Waals surface area contributed by atoms with Crippen molar-refractivity contribution >= 4 is 27.5 Å². The number of benzene rings is 2. The van der Waals surface area contributed by atoms with E-state index in [1.165, 1.54) is 4.31 Å². The van der Waals surface area contributed by atoms with E-state index in [4.69, 9.17) is 9.47 Å². The smallest absolute Gasteiger partial charge is 0.242 e. The average molecular weight is 548 g/mol. The molecule has 10 heteroatoms. The number of nitrogens with zero attached hydrogens (tertiary/aromatic N) is 2. The summed E-state index contributed by atoms with van der Waals surface area (Å²) in [5, 5.41) is 2.90. The number of anilines is 1. The Kier molecular flexibility index (Phi) is 11.9. The third kappa shape index (κ3) is 9.55. The second kappa shape index (κ2) is 14.6. The molecule has 0 bridgehead atoms. The molecule has 0 saturated carbocycles. The Labute approximate surface area is 227 Å². The molecule has 2 amide bonds. The molecular weight excluding hydrogens is 506 g/mol. The van der Waals surface area contributed by atoms with Crippen molar-refractivity contribution in [1.29, 1.82) is 0 Å². The summed E-state index contributed by atoms with van der Waals surface area (Å²) in [6.45, 7) is 8.99. The fraction of sp³-hybridized carbons (Fsp3) is 0.500. The number of sulfonamides is 1. The molecule has 1 N–H and O–H groups in total. The van der Waals surface area contributed by atoms with Gasteiger partial charge in [-0.3, -0.25) is 13.9 Å². The fourth-order valence-electron chi connectivity index (χ4n) is 3.84. The number of ether oxygens (including phenoxy) is 2. The molecule has 0 aliphatic heterocycles. The second-order valence-electron chi connectivity index (χ2n) is 9.55. The SMILES string of the molecule is CCOc1ccc(N(CCCC(=O)N(Cc2ccc(OC)cc2)[C@H](C)C(=O)NCC(C)C)S(C)(=O)=O)cc1. The molecule has 0 spiro atoms. The largest absolute Gasteiger partial charge is 0.497 e. The van der Waals surface area contributed by atoms with E-state index in [1.54, 1.807) is 43.2 Å². The van der Waals surface area contributed by atoms with E-state index >= 15 is 0 Å². The van der Waals surface area contributed by atoms with Gasteiger partial charge in [0.05, 0.1) is 25.7 Å². The van der Waals surface area contributed by atoms with Gasteiger partial charge in [0.15, 0.2) is 0 Å². The molecule has 210 valence electrons. The van der Waals surface area contributed by atoms with E-state index in [2.05, 4.69) is 5.32 Å². The molecule has 0 aliphatic carbocycles. The summed E-state index contributed by atoms with van der Waals surface area (Å²) in [6.07, 6.45) is 1.52. The van der Waals surface area contributed by atoms with E-state index in [9.17, 15) is 18.0 Å². The molecule has 2 aromatic rings. The van der Waals surface area contributed by atoms with Crippen LogP contribution in [0.15, 0.2) is 48.5 Å². The Balaban J connectivity index is 2.15. The van der Waals surface area contributed by atoms with Crippen LogP contribution >= 0.6 is 0 Å². The van der Waals surface area contributed by atoms with E-state index in [0.29, 0.717) is 36.8 Å². The Bertz CT molecular complexity index is 1130. The van der Waals surface area contributed by atoms with Crippen molar-refractivity contribution in [2.75, 3.05) is 37.4 Å². The van der Waals surface area contributed by atoms with Crippen LogP contribution in [0.5, 0.6) is 11.5 Å². The van der Waals surface area contributed by atoms with Gasteiger partial charge < -0.3 is 19.7 Å². The van der Waals surface area contributed by atoms with Crippen LogP contribution in [0.4, 0.5) is 5.69 Å². The summed E-state index contributed by atoms with van der Waals surface area (Å²) >= 11 is 0. The quantitative estimate of drug-likeness (QED) is 0.363. The van der Waals surface area contributed by atoms with E-state index in [-0.39, 0.29) is 37.2 Å². The highest BCUT2D eigenvalue weighted by atomic mass is 32.2. The molecule has 0 saturated heterocycles. The van der Waals surface area contributed by atoms with E-state index in [0.717, 1.165) is 11.8 Å². The zero-order valence-corrected chi connectivity index (χ0v) is 24.1. The zero-order valence-electron chi connectivity index (χ0n) is 23.3. The zero-order chi connectivity index (χ0) is 28.3. The first kappa shape index (κ1) is 31.0. The van der Waals surface area contributed by atoms with Crippen molar-refractivity contribution < 1.29 is 27.5 Å². The lowest BCUT2D eigenvalue weighted by atomic mass is 10.1. The van der Waals surface area contributed by atoms with Crippen LogP contribution in [0.1, 0.15) is 46.1 Å². The first-order chi connectivity index (χ1) is 18.0. The number of rotatable bonds is 15. The standard InChI is InChI=1S/C28H41N3O6S/c1-7-37-26-16-12-24(13-17-26)31(38(6,34)35)18-8-9-27(32)30(22(4)28(33)29-19-21(2)3)20-23-10-14-25(36-5)15-11-23/h10-17,21-22H,7-9,18-20H2,1-6H3,(H,29,33)/t22-/m1/s1. The normalized spacial score (nSPS) is 12.1. The molecule has 1 atom stereocenters. The van der Waals surface area contributed by atoms with Crippen molar-refractivity contribution in [3.05, 3.63) is 54.1 Å². The predicted molar refractivity (Wildman–Crippen MR) is 150 cm³/mol. The highest BCUT2D eigenvalue weighted by molar-refractivity contribution is 7.92. The van der Waals surface area contributed by atoms with Gasteiger partial charge in [-0.1, -0.05) is 26.0 Å². The Morgan fingerprint density at radius 3 is 2.11 bits per heavy atom. The van der Waals surface area contributed by atoms with Crippen LogP contribution in [0, 0.1) is 5.92 Å². The van der Waals surface area contributed by atoms with Crippen molar-refractivity contribution in [1.82, 2.24) is 10.2 Å². The maximum absolute atomic E-state index is 13.4. The van der Waals surface area contributed by atoms with E-state index in [1.807, 2.05) is 45.0 Å². The van der Waals surface area contributed by atoms with Gasteiger partial charge in [-0.15, -0.1) is 0 Å². The number of amides is 2. The Morgan fingerprint density at radius 1 is 0.974 bits per heavy atom. The third-order valence-electron chi connectivity index (χ3n) is 5.95. The van der Waals surface area contributed by atoms with Crippen molar-refractivity contribution in [3.8, 4) is 11.5 Å². The molecule has 0 unspecified atom stereocenters. The Morgan fingerprint density at radius 2 is 1.58 bits per heavy atom.